The molecular weight excluding hydrogens is 434 g/mol. The number of hydrogen-bond donors (Lipinski definition) is 2. The lowest BCUT2D eigenvalue weighted by Gasteiger charge is -2.12. The number of rotatable bonds is 8. The Morgan fingerprint density at radius 2 is 2.00 bits per heavy atom. The highest BCUT2D eigenvalue weighted by molar-refractivity contribution is 7.89. The van der Waals surface area contributed by atoms with E-state index in [0.29, 0.717) is 17.0 Å². The monoisotopic (exact) mass is 457 g/mol. The fourth-order valence-electron chi connectivity index (χ4n) is 3.03. The molecule has 0 spiro atoms. The summed E-state index contributed by atoms with van der Waals surface area (Å²) >= 11 is 1.57. The first-order valence-electron chi connectivity index (χ1n) is 9.88. The number of nitrogens with one attached hydrogen (secondary N) is 2. The minimum Gasteiger partial charge on any atom is -0.483 e. The van der Waals surface area contributed by atoms with Crippen molar-refractivity contribution < 1.29 is 17.9 Å². The Hall–Kier alpha value is -2.75. The Morgan fingerprint density at radius 1 is 1.19 bits per heavy atom. The van der Waals surface area contributed by atoms with Gasteiger partial charge in [-0.05, 0) is 62.6 Å². The van der Waals surface area contributed by atoms with Gasteiger partial charge in [0.25, 0.3) is 5.91 Å². The number of benzene rings is 2. The molecule has 0 bridgehead atoms. The smallest absolute Gasteiger partial charge is 0.262 e. The van der Waals surface area contributed by atoms with Gasteiger partial charge in [0.15, 0.2) is 6.61 Å². The summed E-state index contributed by atoms with van der Waals surface area (Å²) in [4.78, 5) is 17.0. The van der Waals surface area contributed by atoms with Crippen molar-refractivity contribution in [2.45, 2.75) is 37.6 Å². The zero-order valence-corrected chi connectivity index (χ0v) is 18.8. The maximum absolute atomic E-state index is 12.3. The minimum atomic E-state index is -3.52. The number of sulfonamides is 1. The van der Waals surface area contributed by atoms with Gasteiger partial charge in [0, 0.05) is 22.7 Å². The molecule has 1 aromatic heterocycles. The number of aryl methyl sites for hydroxylation is 2. The zero-order valence-electron chi connectivity index (χ0n) is 17.2. The maximum Gasteiger partial charge on any atom is 0.262 e. The van der Waals surface area contributed by atoms with Crippen molar-refractivity contribution in [1.29, 1.82) is 0 Å². The molecule has 1 aliphatic carbocycles. The number of carbonyl (C=O) groups excluding carboxylic acids is 1. The van der Waals surface area contributed by atoms with Crippen LogP contribution >= 0.6 is 11.3 Å². The molecule has 1 fully saturated rings. The third kappa shape index (κ3) is 5.49. The number of ether oxygens (including phenoxy) is 1. The molecule has 1 aliphatic rings. The number of thiazole rings is 1. The van der Waals surface area contributed by atoms with E-state index in [1.54, 1.807) is 36.5 Å². The Bertz CT molecular complexity index is 1220. The SMILES string of the molecule is Cc1nc(-c2cccc(NC(=O)COc3ccc(S(=O)(=O)NC4CC4)cc3C)c2)cs1. The van der Waals surface area contributed by atoms with Crippen LogP contribution in [-0.2, 0) is 14.8 Å². The predicted octanol–water partition coefficient (Wildman–Crippen LogP) is 3.89. The first-order chi connectivity index (χ1) is 14.8. The molecule has 31 heavy (non-hydrogen) atoms. The molecule has 2 N–H and O–H groups in total. The number of carbonyl (C=O) groups is 1. The molecule has 0 aliphatic heterocycles. The second kappa shape index (κ2) is 8.78. The molecule has 3 aromatic rings. The molecule has 1 heterocycles. The molecule has 0 atom stereocenters. The number of nitrogens with zero attached hydrogens (tertiary/aromatic N) is 1. The van der Waals surface area contributed by atoms with Gasteiger partial charge in [-0.1, -0.05) is 12.1 Å². The topological polar surface area (TPSA) is 97.4 Å². The van der Waals surface area contributed by atoms with Crippen LogP contribution in [0.2, 0.25) is 0 Å². The van der Waals surface area contributed by atoms with Crippen LogP contribution in [0.25, 0.3) is 11.3 Å². The Kier molecular flexibility index (Phi) is 6.08. The van der Waals surface area contributed by atoms with Crippen LogP contribution in [0.1, 0.15) is 23.4 Å². The van der Waals surface area contributed by atoms with E-state index in [1.165, 1.54) is 6.07 Å². The molecular formula is C22H23N3O4S2. The third-order valence-electron chi connectivity index (χ3n) is 4.78. The van der Waals surface area contributed by atoms with Crippen LogP contribution in [-0.4, -0.2) is 32.0 Å². The highest BCUT2D eigenvalue weighted by Crippen LogP contribution is 2.26. The lowest BCUT2D eigenvalue weighted by molar-refractivity contribution is -0.118. The van der Waals surface area contributed by atoms with Crippen LogP contribution in [0.5, 0.6) is 5.75 Å². The quantitative estimate of drug-likeness (QED) is 0.535. The van der Waals surface area contributed by atoms with Gasteiger partial charge in [-0.15, -0.1) is 11.3 Å². The number of anilines is 1. The third-order valence-corrected chi connectivity index (χ3v) is 7.07. The highest BCUT2D eigenvalue weighted by Gasteiger charge is 2.28. The first kappa shape index (κ1) is 21.5. The van der Waals surface area contributed by atoms with E-state index in [2.05, 4.69) is 15.0 Å². The van der Waals surface area contributed by atoms with Crippen molar-refractivity contribution in [2.24, 2.45) is 0 Å². The molecule has 0 saturated heterocycles. The summed E-state index contributed by atoms with van der Waals surface area (Å²) in [6, 6.07) is 12.1. The minimum absolute atomic E-state index is 0.0444. The Balaban J connectivity index is 1.36. The summed E-state index contributed by atoms with van der Waals surface area (Å²) in [6.45, 7) is 3.51. The average molecular weight is 458 g/mol. The van der Waals surface area contributed by atoms with E-state index < -0.39 is 10.0 Å². The van der Waals surface area contributed by atoms with Crippen LogP contribution in [0.15, 0.2) is 52.7 Å². The van der Waals surface area contributed by atoms with Crippen molar-refractivity contribution in [1.82, 2.24) is 9.71 Å². The number of hydrogen-bond acceptors (Lipinski definition) is 6. The van der Waals surface area contributed by atoms with Crippen molar-refractivity contribution in [3.63, 3.8) is 0 Å². The second-order valence-electron chi connectivity index (χ2n) is 7.49. The summed E-state index contributed by atoms with van der Waals surface area (Å²) in [7, 11) is -3.52. The van der Waals surface area contributed by atoms with Crippen LogP contribution in [0, 0.1) is 13.8 Å². The van der Waals surface area contributed by atoms with Crippen LogP contribution in [0.3, 0.4) is 0 Å². The van der Waals surface area contributed by atoms with Crippen molar-refractivity contribution in [3.05, 3.63) is 58.4 Å². The molecule has 0 radical (unpaired) electrons. The van der Waals surface area contributed by atoms with E-state index in [0.717, 1.165) is 29.1 Å². The van der Waals surface area contributed by atoms with Crippen LogP contribution < -0.4 is 14.8 Å². The summed E-state index contributed by atoms with van der Waals surface area (Å²) < 4.78 is 32.9. The zero-order chi connectivity index (χ0) is 22.0. The van der Waals surface area contributed by atoms with E-state index in [1.807, 2.05) is 30.5 Å². The maximum atomic E-state index is 12.3. The molecule has 1 amide bonds. The van der Waals surface area contributed by atoms with Gasteiger partial charge in [0.05, 0.1) is 15.6 Å². The van der Waals surface area contributed by atoms with Crippen molar-refractivity contribution >= 4 is 33.0 Å². The standard InChI is InChI=1S/C22H23N3O4S2/c1-14-10-19(31(27,28)25-17-6-7-17)8-9-21(14)29-12-22(26)24-18-5-3-4-16(11-18)20-13-30-15(2)23-20/h3-5,8-11,13,17,25H,6-7,12H2,1-2H3,(H,24,26). The van der Waals surface area contributed by atoms with E-state index in [9.17, 15) is 13.2 Å². The normalized spacial score (nSPS) is 13.7. The average Bonchev–Trinajstić information content (AvgIpc) is 3.42. The Labute approximate surface area is 185 Å². The summed E-state index contributed by atoms with van der Waals surface area (Å²) in [5.41, 5.74) is 3.10. The van der Waals surface area contributed by atoms with E-state index in [4.69, 9.17) is 4.74 Å². The number of aromatic nitrogens is 1. The van der Waals surface area contributed by atoms with Crippen molar-refractivity contribution in [2.75, 3.05) is 11.9 Å². The fraction of sp³-hybridized carbons (Fsp3) is 0.273. The molecule has 0 unspecified atom stereocenters. The Morgan fingerprint density at radius 3 is 2.68 bits per heavy atom. The largest absolute Gasteiger partial charge is 0.483 e. The molecule has 1 saturated carbocycles. The van der Waals surface area contributed by atoms with Gasteiger partial charge in [0.2, 0.25) is 10.0 Å². The lowest BCUT2D eigenvalue weighted by atomic mass is 10.1. The fourth-order valence-corrected chi connectivity index (χ4v) is 5.04. The van der Waals surface area contributed by atoms with E-state index >= 15 is 0 Å². The lowest BCUT2D eigenvalue weighted by Crippen LogP contribution is -2.25. The van der Waals surface area contributed by atoms with Gasteiger partial charge < -0.3 is 10.1 Å². The van der Waals surface area contributed by atoms with Gasteiger partial charge >= 0.3 is 0 Å². The van der Waals surface area contributed by atoms with Gasteiger partial charge in [-0.25, -0.2) is 18.1 Å². The molecule has 9 heteroatoms. The molecule has 4 rings (SSSR count). The van der Waals surface area contributed by atoms with Gasteiger partial charge in [0.1, 0.15) is 5.75 Å². The van der Waals surface area contributed by atoms with Gasteiger partial charge in [-0.3, -0.25) is 4.79 Å². The summed E-state index contributed by atoms with van der Waals surface area (Å²) in [5.74, 6) is 0.158. The number of amides is 1. The molecule has 7 nitrogen and oxygen atoms in total. The highest BCUT2D eigenvalue weighted by atomic mass is 32.2. The molecule has 2 aromatic carbocycles. The summed E-state index contributed by atoms with van der Waals surface area (Å²) in [5, 5.41) is 5.78. The van der Waals surface area contributed by atoms with E-state index in [-0.39, 0.29) is 23.5 Å². The van der Waals surface area contributed by atoms with Gasteiger partial charge in [-0.2, -0.15) is 0 Å². The molecule has 162 valence electrons. The second-order valence-corrected chi connectivity index (χ2v) is 10.3. The van der Waals surface area contributed by atoms with Crippen LogP contribution in [0.4, 0.5) is 5.69 Å². The summed E-state index contributed by atoms with van der Waals surface area (Å²) in [6.07, 6.45) is 1.75. The first-order valence-corrected chi connectivity index (χ1v) is 12.2. The predicted molar refractivity (Wildman–Crippen MR) is 121 cm³/mol. The van der Waals surface area contributed by atoms with Crippen molar-refractivity contribution in [3.8, 4) is 17.0 Å².